The molecule has 1 aromatic heterocycles. The Balaban J connectivity index is 1.78. The number of fused-ring (bicyclic) bond motifs is 1. The summed E-state index contributed by atoms with van der Waals surface area (Å²) in [5.41, 5.74) is 1.17. The number of nitrogens with one attached hydrogen (secondary N) is 2. The largest absolute Gasteiger partial charge is 0.325 e. The molecule has 0 aliphatic heterocycles. The average molecular weight is 403 g/mol. The lowest BCUT2D eigenvalue weighted by Gasteiger charge is -2.17. The Morgan fingerprint density at radius 2 is 1.89 bits per heavy atom. The number of aromatic amines is 1. The van der Waals surface area contributed by atoms with Crippen LogP contribution in [-0.4, -0.2) is 37.2 Å². The third-order valence-electron chi connectivity index (χ3n) is 4.23. The first kappa shape index (κ1) is 19.7. The maximum absolute atomic E-state index is 13.2. The number of hydrogen-bond donors (Lipinski definition) is 2. The van der Waals surface area contributed by atoms with Crippen LogP contribution in [0.1, 0.15) is 5.56 Å². The Morgan fingerprint density at radius 1 is 1.14 bits per heavy atom. The predicted molar refractivity (Wildman–Crippen MR) is 104 cm³/mol. The van der Waals surface area contributed by atoms with Gasteiger partial charge in [-0.2, -0.15) is 4.31 Å². The maximum atomic E-state index is 13.2. The summed E-state index contributed by atoms with van der Waals surface area (Å²) in [6.07, 6.45) is 0. The quantitative estimate of drug-likeness (QED) is 0.682. The van der Waals surface area contributed by atoms with Gasteiger partial charge in [0.25, 0.3) is 0 Å². The zero-order chi connectivity index (χ0) is 20.5. The van der Waals surface area contributed by atoms with E-state index in [4.69, 9.17) is 0 Å². The van der Waals surface area contributed by atoms with E-state index in [9.17, 15) is 22.4 Å². The fourth-order valence-electron chi connectivity index (χ4n) is 2.72. The van der Waals surface area contributed by atoms with Crippen LogP contribution in [-0.2, 0) is 14.8 Å². The highest BCUT2D eigenvalue weighted by Gasteiger charge is 2.23. The van der Waals surface area contributed by atoms with Crippen molar-refractivity contribution >= 4 is 32.5 Å². The van der Waals surface area contributed by atoms with E-state index in [2.05, 4.69) is 10.3 Å². The summed E-state index contributed by atoms with van der Waals surface area (Å²) < 4.78 is 39.6. The minimum atomic E-state index is -3.92. The van der Waals surface area contributed by atoms with Crippen molar-refractivity contribution in [2.45, 2.75) is 11.8 Å². The van der Waals surface area contributed by atoms with Gasteiger partial charge in [0.1, 0.15) is 5.82 Å². The molecule has 2 N–H and O–H groups in total. The highest BCUT2D eigenvalue weighted by molar-refractivity contribution is 7.89. The molecule has 0 atom stereocenters. The van der Waals surface area contributed by atoms with Crippen molar-refractivity contribution in [2.75, 3.05) is 18.9 Å². The topological polar surface area (TPSA) is 99.3 Å². The van der Waals surface area contributed by atoms with E-state index in [-0.39, 0.29) is 10.5 Å². The SMILES string of the molecule is Cc1cc(F)ccc1NC(=O)CN(C)S(=O)(=O)c1ccc2[nH]c(=O)ccc2c1. The molecule has 0 aliphatic rings. The zero-order valence-electron chi connectivity index (χ0n) is 15.2. The van der Waals surface area contributed by atoms with Gasteiger partial charge >= 0.3 is 0 Å². The molecule has 0 fully saturated rings. The van der Waals surface area contributed by atoms with Crippen molar-refractivity contribution in [3.63, 3.8) is 0 Å². The van der Waals surface area contributed by atoms with Gasteiger partial charge in [0.05, 0.1) is 11.4 Å². The summed E-state index contributed by atoms with van der Waals surface area (Å²) in [6, 6.07) is 11.0. The number of benzene rings is 2. The number of aryl methyl sites for hydroxylation is 1. The van der Waals surface area contributed by atoms with Crippen molar-refractivity contribution in [3.8, 4) is 0 Å². The van der Waals surface area contributed by atoms with Crippen LogP contribution >= 0.6 is 0 Å². The van der Waals surface area contributed by atoms with Crippen LogP contribution in [0.3, 0.4) is 0 Å². The van der Waals surface area contributed by atoms with E-state index >= 15 is 0 Å². The summed E-state index contributed by atoms with van der Waals surface area (Å²) in [7, 11) is -2.63. The molecule has 0 saturated heterocycles. The maximum Gasteiger partial charge on any atom is 0.248 e. The molecular formula is C19H18FN3O4S. The molecule has 3 rings (SSSR count). The second-order valence-electron chi connectivity index (χ2n) is 6.34. The normalized spacial score (nSPS) is 11.7. The molecule has 3 aromatic rings. The molecule has 7 nitrogen and oxygen atoms in total. The van der Waals surface area contributed by atoms with E-state index < -0.39 is 28.3 Å². The molecule has 0 radical (unpaired) electrons. The van der Waals surface area contributed by atoms with Gasteiger partial charge in [0, 0.05) is 24.3 Å². The number of carbonyl (C=O) groups excluding carboxylic acids is 1. The van der Waals surface area contributed by atoms with Gasteiger partial charge < -0.3 is 10.3 Å². The molecule has 9 heteroatoms. The number of halogens is 1. The van der Waals surface area contributed by atoms with Crippen molar-refractivity contribution in [3.05, 3.63) is 70.3 Å². The second-order valence-corrected chi connectivity index (χ2v) is 8.39. The number of aromatic nitrogens is 1. The summed E-state index contributed by atoms with van der Waals surface area (Å²) in [5, 5.41) is 3.13. The smallest absolute Gasteiger partial charge is 0.248 e. The first-order valence-electron chi connectivity index (χ1n) is 8.32. The standard InChI is InChI=1S/C19H18FN3O4S/c1-12-9-14(20)4-6-16(12)21-19(25)11-23(2)28(26,27)15-5-7-17-13(10-15)3-8-18(24)22-17/h3-10H,11H2,1-2H3,(H,21,25)(H,22,24). The summed E-state index contributed by atoms with van der Waals surface area (Å²) in [4.78, 5) is 26.2. The number of H-pyrrole nitrogens is 1. The van der Waals surface area contributed by atoms with Gasteiger partial charge in [-0.15, -0.1) is 0 Å². The Hall–Kier alpha value is -3.04. The third-order valence-corrected chi connectivity index (χ3v) is 6.03. The fourth-order valence-corrected chi connectivity index (χ4v) is 3.88. The minimum absolute atomic E-state index is 0.000289. The molecule has 0 spiro atoms. The molecule has 0 unspecified atom stereocenters. The Kier molecular flexibility index (Phi) is 5.30. The third kappa shape index (κ3) is 4.10. The van der Waals surface area contributed by atoms with Crippen LogP contribution in [0.15, 0.2) is 58.2 Å². The molecule has 2 aromatic carbocycles. The predicted octanol–water partition coefficient (Wildman–Crippen LogP) is 2.23. The van der Waals surface area contributed by atoms with Crippen LogP contribution in [0.25, 0.3) is 10.9 Å². The number of sulfonamides is 1. The van der Waals surface area contributed by atoms with Crippen LogP contribution in [0.5, 0.6) is 0 Å². The van der Waals surface area contributed by atoms with Gasteiger partial charge in [0.15, 0.2) is 0 Å². The van der Waals surface area contributed by atoms with Crippen LogP contribution in [0, 0.1) is 12.7 Å². The number of hydrogen-bond acceptors (Lipinski definition) is 4. The van der Waals surface area contributed by atoms with Crippen molar-refractivity contribution in [2.24, 2.45) is 0 Å². The van der Waals surface area contributed by atoms with E-state index in [1.54, 1.807) is 6.92 Å². The van der Waals surface area contributed by atoms with Crippen molar-refractivity contribution in [1.29, 1.82) is 0 Å². The molecule has 146 valence electrons. The van der Waals surface area contributed by atoms with E-state index in [1.807, 2.05) is 0 Å². The number of anilines is 1. The molecule has 0 saturated carbocycles. The first-order valence-corrected chi connectivity index (χ1v) is 9.76. The molecule has 28 heavy (non-hydrogen) atoms. The molecule has 0 bridgehead atoms. The zero-order valence-corrected chi connectivity index (χ0v) is 16.0. The summed E-state index contributed by atoms with van der Waals surface area (Å²) >= 11 is 0. The number of rotatable bonds is 5. The number of carbonyl (C=O) groups is 1. The van der Waals surface area contributed by atoms with Gasteiger partial charge in [-0.25, -0.2) is 12.8 Å². The van der Waals surface area contributed by atoms with Gasteiger partial charge in [-0.05, 0) is 60.3 Å². The lowest BCUT2D eigenvalue weighted by atomic mass is 10.2. The number of pyridine rings is 1. The van der Waals surface area contributed by atoms with E-state index in [0.717, 1.165) is 4.31 Å². The first-order chi connectivity index (χ1) is 13.2. The van der Waals surface area contributed by atoms with Crippen LogP contribution in [0.2, 0.25) is 0 Å². The van der Waals surface area contributed by atoms with Gasteiger partial charge in [-0.1, -0.05) is 0 Å². The highest BCUT2D eigenvalue weighted by Crippen LogP contribution is 2.20. The summed E-state index contributed by atoms with van der Waals surface area (Å²) in [5.74, 6) is -0.973. The molecular weight excluding hydrogens is 385 g/mol. The lowest BCUT2D eigenvalue weighted by molar-refractivity contribution is -0.116. The molecule has 0 aliphatic carbocycles. The Labute approximate surface area is 160 Å². The monoisotopic (exact) mass is 403 g/mol. The average Bonchev–Trinajstić information content (AvgIpc) is 2.63. The van der Waals surface area contributed by atoms with Gasteiger partial charge in [-0.3, -0.25) is 9.59 Å². The van der Waals surface area contributed by atoms with E-state index in [0.29, 0.717) is 22.2 Å². The number of nitrogens with zero attached hydrogens (tertiary/aromatic N) is 1. The van der Waals surface area contributed by atoms with E-state index in [1.165, 1.54) is 55.6 Å². The van der Waals surface area contributed by atoms with Crippen LogP contribution < -0.4 is 10.9 Å². The van der Waals surface area contributed by atoms with Crippen LogP contribution in [0.4, 0.5) is 10.1 Å². The number of likely N-dealkylation sites (N-methyl/N-ethyl adjacent to an activating group) is 1. The lowest BCUT2D eigenvalue weighted by Crippen LogP contribution is -2.35. The molecule has 1 amide bonds. The summed E-state index contributed by atoms with van der Waals surface area (Å²) in [6.45, 7) is 1.22. The van der Waals surface area contributed by atoms with Gasteiger partial charge in [0.2, 0.25) is 21.5 Å². The highest BCUT2D eigenvalue weighted by atomic mass is 32.2. The molecule has 1 heterocycles. The van der Waals surface area contributed by atoms with Crippen molar-refractivity contribution < 1.29 is 17.6 Å². The fraction of sp³-hybridized carbons (Fsp3) is 0.158. The minimum Gasteiger partial charge on any atom is -0.325 e. The Morgan fingerprint density at radius 3 is 2.61 bits per heavy atom. The Bertz CT molecular complexity index is 1220. The second kappa shape index (κ2) is 7.53. The van der Waals surface area contributed by atoms with Crippen molar-refractivity contribution in [1.82, 2.24) is 9.29 Å². The number of amides is 1.